The van der Waals surface area contributed by atoms with Crippen molar-refractivity contribution < 1.29 is 5.11 Å². The Hall–Kier alpha value is -4.19. The van der Waals surface area contributed by atoms with E-state index in [2.05, 4.69) is 20.2 Å². The Balaban J connectivity index is 1.57. The molecule has 29 heavy (non-hydrogen) atoms. The molecule has 140 valence electrons. The van der Waals surface area contributed by atoms with Gasteiger partial charge in [0.15, 0.2) is 5.88 Å². The zero-order valence-electron chi connectivity index (χ0n) is 15.4. The molecule has 0 unspecified atom stereocenters. The van der Waals surface area contributed by atoms with E-state index in [1.807, 2.05) is 60.7 Å². The summed E-state index contributed by atoms with van der Waals surface area (Å²) in [5, 5.41) is 21.7. The summed E-state index contributed by atoms with van der Waals surface area (Å²) >= 11 is 0. The fraction of sp³-hybridized carbons (Fsp3) is 0. The highest BCUT2D eigenvalue weighted by Gasteiger charge is 2.10. The molecule has 0 amide bonds. The maximum Gasteiger partial charge on any atom is 0.196 e. The average molecular weight is 379 g/mol. The third-order valence-corrected chi connectivity index (χ3v) is 4.86. The van der Waals surface area contributed by atoms with Crippen LogP contribution in [0.4, 0.5) is 11.4 Å². The smallest absolute Gasteiger partial charge is 0.196 e. The lowest BCUT2D eigenvalue weighted by Crippen LogP contribution is -2.08. The van der Waals surface area contributed by atoms with Crippen LogP contribution in [0.5, 0.6) is 5.88 Å². The molecule has 2 aromatic carbocycles. The molecule has 0 saturated heterocycles. The lowest BCUT2D eigenvalue weighted by atomic mass is 10.1. The summed E-state index contributed by atoms with van der Waals surface area (Å²) in [6.07, 6.45) is 9.35. The number of aromatic hydroxyl groups is 1. The van der Waals surface area contributed by atoms with Gasteiger partial charge in [0.2, 0.25) is 0 Å². The fourth-order valence-electron chi connectivity index (χ4n) is 3.40. The molecule has 4 aromatic rings. The number of azo groups is 1. The number of nitrogens with two attached hydrogens (primary N) is 1. The highest BCUT2D eigenvalue weighted by Crippen LogP contribution is 2.29. The van der Waals surface area contributed by atoms with Crippen molar-refractivity contribution in [3.8, 4) is 5.88 Å². The van der Waals surface area contributed by atoms with Gasteiger partial charge in [0, 0.05) is 39.8 Å². The van der Waals surface area contributed by atoms with Crippen LogP contribution in [0.1, 0.15) is 11.1 Å². The molecule has 4 N–H and O–H groups in total. The number of rotatable bonds is 3. The van der Waals surface area contributed by atoms with Gasteiger partial charge in [-0.05, 0) is 65.4 Å². The normalized spacial score (nSPS) is 13.7. The topological polar surface area (TPSA) is 99.7 Å². The van der Waals surface area contributed by atoms with Crippen LogP contribution in [-0.2, 0) is 0 Å². The number of aromatic nitrogens is 2. The summed E-state index contributed by atoms with van der Waals surface area (Å²) in [5.41, 5.74) is 10.7. The summed E-state index contributed by atoms with van der Waals surface area (Å²) in [7, 11) is 0. The van der Waals surface area contributed by atoms with Gasteiger partial charge < -0.3 is 15.8 Å². The molecule has 0 atom stereocenters. The number of hydrogen-bond acceptors (Lipinski definition) is 5. The Bertz CT molecular complexity index is 1420. The van der Waals surface area contributed by atoms with Crippen molar-refractivity contribution in [3.63, 3.8) is 0 Å². The predicted octanol–water partition coefficient (Wildman–Crippen LogP) is 3.60. The summed E-state index contributed by atoms with van der Waals surface area (Å²) < 4.78 is 0. The van der Waals surface area contributed by atoms with Crippen molar-refractivity contribution in [2.75, 3.05) is 5.73 Å². The molecule has 2 aromatic heterocycles. The quantitative estimate of drug-likeness (QED) is 0.474. The monoisotopic (exact) mass is 379 g/mol. The lowest BCUT2D eigenvalue weighted by molar-refractivity contribution is 0.457. The van der Waals surface area contributed by atoms with Gasteiger partial charge in [-0.25, -0.2) is 0 Å². The SMILES string of the molecule is Nc1ccc2[nH]c(O)c(C=c3ccc4c(c3)N=NC=4C=Cc3ccncc3)c2c1. The Morgan fingerprint density at radius 2 is 1.79 bits per heavy atom. The number of fused-ring (bicyclic) bond motifs is 2. The molecular weight excluding hydrogens is 362 g/mol. The van der Waals surface area contributed by atoms with Crippen LogP contribution in [0.15, 0.2) is 77.2 Å². The highest BCUT2D eigenvalue weighted by molar-refractivity contribution is 5.93. The first kappa shape index (κ1) is 16.9. The molecule has 1 aliphatic rings. The minimum absolute atomic E-state index is 0.111. The van der Waals surface area contributed by atoms with Crippen LogP contribution in [0.3, 0.4) is 0 Å². The van der Waals surface area contributed by atoms with E-state index >= 15 is 0 Å². The van der Waals surface area contributed by atoms with Crippen molar-refractivity contribution in [1.82, 2.24) is 9.97 Å². The van der Waals surface area contributed by atoms with Crippen molar-refractivity contribution in [2.24, 2.45) is 10.2 Å². The lowest BCUT2D eigenvalue weighted by Gasteiger charge is -1.96. The van der Waals surface area contributed by atoms with Gasteiger partial charge in [0.1, 0.15) is 0 Å². The standard InChI is InChI=1S/C23H17N5O/c24-16-3-6-20-18(13-16)19(23(29)26-20)11-15-1-4-17-21(27-28-22(17)12-15)5-2-14-7-9-25-10-8-14/h1-13,26,29H,24H2. The number of H-pyrrole nitrogens is 1. The maximum atomic E-state index is 10.3. The molecule has 0 aliphatic carbocycles. The van der Waals surface area contributed by atoms with Crippen molar-refractivity contribution in [3.05, 3.63) is 88.6 Å². The van der Waals surface area contributed by atoms with Crippen molar-refractivity contribution in [2.45, 2.75) is 0 Å². The average Bonchev–Trinajstić information content (AvgIpc) is 3.28. The summed E-state index contributed by atoms with van der Waals surface area (Å²) in [5.74, 6) is 0.111. The predicted molar refractivity (Wildman–Crippen MR) is 115 cm³/mol. The number of anilines is 1. The molecule has 6 nitrogen and oxygen atoms in total. The van der Waals surface area contributed by atoms with Gasteiger partial charge in [-0.1, -0.05) is 12.1 Å². The molecule has 0 spiro atoms. The van der Waals surface area contributed by atoms with Crippen molar-refractivity contribution >= 4 is 40.1 Å². The largest absolute Gasteiger partial charge is 0.494 e. The molecule has 0 bridgehead atoms. The Morgan fingerprint density at radius 3 is 2.66 bits per heavy atom. The second kappa shape index (κ2) is 6.76. The second-order valence-electron chi connectivity index (χ2n) is 6.81. The maximum absolute atomic E-state index is 10.3. The van der Waals surface area contributed by atoms with Crippen LogP contribution < -0.4 is 16.2 Å². The first-order valence-corrected chi connectivity index (χ1v) is 9.13. The minimum atomic E-state index is 0.111. The van der Waals surface area contributed by atoms with E-state index in [1.54, 1.807) is 18.5 Å². The number of nitrogen functional groups attached to an aromatic ring is 1. The third-order valence-electron chi connectivity index (χ3n) is 4.86. The summed E-state index contributed by atoms with van der Waals surface area (Å²) in [6, 6.07) is 15.3. The van der Waals surface area contributed by atoms with Gasteiger partial charge in [-0.2, -0.15) is 0 Å². The third kappa shape index (κ3) is 3.17. The number of aromatic amines is 1. The number of pyridine rings is 1. The number of nitrogens with one attached hydrogen (secondary N) is 1. The van der Waals surface area contributed by atoms with Gasteiger partial charge in [0.05, 0.1) is 11.4 Å². The number of benzene rings is 2. The van der Waals surface area contributed by atoms with Crippen LogP contribution in [0.2, 0.25) is 0 Å². The molecule has 0 radical (unpaired) electrons. The molecule has 0 saturated carbocycles. The molecule has 5 rings (SSSR count). The minimum Gasteiger partial charge on any atom is -0.494 e. The highest BCUT2D eigenvalue weighted by atomic mass is 16.3. The van der Waals surface area contributed by atoms with E-state index < -0.39 is 0 Å². The second-order valence-corrected chi connectivity index (χ2v) is 6.81. The van der Waals surface area contributed by atoms with Crippen molar-refractivity contribution in [1.29, 1.82) is 0 Å². The van der Waals surface area contributed by atoms with Crippen LogP contribution in [0.25, 0.3) is 28.8 Å². The van der Waals surface area contributed by atoms with E-state index in [4.69, 9.17) is 5.73 Å². The van der Waals surface area contributed by atoms with E-state index in [0.29, 0.717) is 11.3 Å². The molecule has 3 heterocycles. The first-order valence-electron chi connectivity index (χ1n) is 9.13. The van der Waals surface area contributed by atoms with E-state index in [0.717, 1.165) is 38.3 Å². The van der Waals surface area contributed by atoms with Gasteiger partial charge in [0.25, 0.3) is 0 Å². The first-order chi connectivity index (χ1) is 14.2. The molecule has 0 fully saturated rings. The van der Waals surface area contributed by atoms with Crippen LogP contribution in [0, 0.1) is 0 Å². The molecular formula is C23H17N5O. The summed E-state index contributed by atoms with van der Waals surface area (Å²) in [6.45, 7) is 0. The van der Waals surface area contributed by atoms with Gasteiger partial charge in [-0.3, -0.25) is 4.98 Å². The zero-order chi connectivity index (χ0) is 19.8. The van der Waals surface area contributed by atoms with Crippen LogP contribution >= 0.6 is 0 Å². The fourth-order valence-corrected chi connectivity index (χ4v) is 3.40. The zero-order valence-corrected chi connectivity index (χ0v) is 15.4. The molecule has 1 aliphatic heterocycles. The summed E-state index contributed by atoms with van der Waals surface area (Å²) in [4.78, 5) is 6.99. The van der Waals surface area contributed by atoms with E-state index in [1.165, 1.54) is 0 Å². The van der Waals surface area contributed by atoms with E-state index in [9.17, 15) is 5.11 Å². The Labute approximate surface area is 166 Å². The molecule has 6 heteroatoms. The van der Waals surface area contributed by atoms with E-state index in [-0.39, 0.29) is 5.88 Å². The Morgan fingerprint density at radius 1 is 0.931 bits per heavy atom. The van der Waals surface area contributed by atoms with Gasteiger partial charge in [-0.15, -0.1) is 10.2 Å². The number of nitrogens with zero attached hydrogens (tertiary/aromatic N) is 3. The number of hydrogen-bond donors (Lipinski definition) is 3. The Kier molecular flexibility index (Phi) is 3.95. The van der Waals surface area contributed by atoms with Crippen LogP contribution in [-0.4, -0.2) is 15.1 Å². The van der Waals surface area contributed by atoms with Gasteiger partial charge >= 0.3 is 0 Å².